The molecule has 0 radical (unpaired) electrons. The van der Waals surface area contributed by atoms with Crippen molar-refractivity contribution in [3.63, 3.8) is 0 Å². The van der Waals surface area contributed by atoms with Crippen molar-refractivity contribution in [3.05, 3.63) is 36.3 Å². The molecule has 21 heavy (non-hydrogen) atoms. The lowest BCUT2D eigenvalue weighted by atomic mass is 9.96. The van der Waals surface area contributed by atoms with Gasteiger partial charge in [-0.05, 0) is 25.0 Å². The van der Waals surface area contributed by atoms with Crippen LogP contribution in [0, 0.1) is 0 Å². The minimum absolute atomic E-state index is 0.282. The van der Waals surface area contributed by atoms with Crippen molar-refractivity contribution in [2.75, 3.05) is 13.1 Å². The van der Waals surface area contributed by atoms with Crippen LogP contribution in [0.5, 0.6) is 0 Å². The molecular weight excluding hydrogens is 264 g/mol. The number of carbonyl (C=O) groups is 1. The average Bonchev–Trinajstić information content (AvgIpc) is 3.10. The summed E-state index contributed by atoms with van der Waals surface area (Å²) >= 11 is 0. The quantitative estimate of drug-likeness (QED) is 0.781. The number of likely N-dealkylation sites (tertiary alicyclic amines) is 2. The molecule has 0 aliphatic carbocycles. The van der Waals surface area contributed by atoms with Gasteiger partial charge < -0.3 is 9.32 Å². The fourth-order valence-electron chi connectivity index (χ4n) is 3.71. The van der Waals surface area contributed by atoms with Crippen LogP contribution in [0.4, 0.5) is 0 Å². The van der Waals surface area contributed by atoms with Gasteiger partial charge in [0.2, 0.25) is 5.91 Å². The zero-order valence-corrected chi connectivity index (χ0v) is 12.8. The van der Waals surface area contributed by atoms with E-state index >= 15 is 0 Å². The fraction of sp³-hybridized carbons (Fsp3) is 0.588. The van der Waals surface area contributed by atoms with Crippen LogP contribution in [0.15, 0.2) is 29.2 Å². The summed E-state index contributed by atoms with van der Waals surface area (Å²) in [5.74, 6) is 2.37. The van der Waals surface area contributed by atoms with E-state index in [-0.39, 0.29) is 5.91 Å². The van der Waals surface area contributed by atoms with E-state index in [1.807, 2.05) is 11.0 Å². The number of furan rings is 1. The van der Waals surface area contributed by atoms with Crippen LogP contribution < -0.4 is 0 Å². The Morgan fingerprint density at radius 1 is 1.33 bits per heavy atom. The van der Waals surface area contributed by atoms with E-state index in [2.05, 4.69) is 30.5 Å². The van der Waals surface area contributed by atoms with Gasteiger partial charge >= 0.3 is 0 Å². The second kappa shape index (κ2) is 6.06. The summed E-state index contributed by atoms with van der Waals surface area (Å²) in [4.78, 5) is 16.6. The molecule has 2 aliphatic heterocycles. The molecule has 1 aromatic heterocycles. The van der Waals surface area contributed by atoms with E-state index in [0.29, 0.717) is 25.0 Å². The third-order valence-electron chi connectivity index (χ3n) is 4.75. The van der Waals surface area contributed by atoms with Crippen molar-refractivity contribution in [2.45, 2.75) is 51.2 Å². The van der Waals surface area contributed by atoms with Gasteiger partial charge in [0.15, 0.2) is 0 Å². The minimum atomic E-state index is 0.282. The Morgan fingerprint density at radius 2 is 2.14 bits per heavy atom. The number of hydrogen-bond acceptors (Lipinski definition) is 3. The van der Waals surface area contributed by atoms with E-state index in [1.165, 1.54) is 0 Å². The van der Waals surface area contributed by atoms with E-state index in [0.717, 1.165) is 43.9 Å². The van der Waals surface area contributed by atoms with Gasteiger partial charge in [-0.2, -0.15) is 0 Å². The third-order valence-corrected chi connectivity index (χ3v) is 4.75. The van der Waals surface area contributed by atoms with Crippen LogP contribution in [0.25, 0.3) is 0 Å². The Balaban J connectivity index is 1.69. The molecule has 1 aromatic rings. The summed E-state index contributed by atoms with van der Waals surface area (Å²) < 4.78 is 5.83. The maximum atomic E-state index is 12.1. The molecule has 0 bridgehead atoms. The number of piperidine rings is 1. The number of fused-ring (bicyclic) bond motifs is 1. The molecule has 2 atom stereocenters. The number of nitrogens with zero attached hydrogens (tertiary/aromatic N) is 2. The van der Waals surface area contributed by atoms with E-state index < -0.39 is 0 Å². The van der Waals surface area contributed by atoms with Crippen LogP contribution in [0.3, 0.4) is 0 Å². The Hall–Kier alpha value is -1.55. The molecule has 3 heterocycles. The first-order valence-electron chi connectivity index (χ1n) is 7.95. The molecule has 2 saturated heterocycles. The van der Waals surface area contributed by atoms with Crippen molar-refractivity contribution < 1.29 is 9.21 Å². The molecule has 4 heteroatoms. The predicted octanol–water partition coefficient (Wildman–Crippen LogP) is 2.59. The highest BCUT2D eigenvalue weighted by atomic mass is 16.3. The highest BCUT2D eigenvalue weighted by Gasteiger charge is 2.42. The molecule has 114 valence electrons. The lowest BCUT2D eigenvalue weighted by Crippen LogP contribution is -2.52. The Labute approximate surface area is 126 Å². The predicted molar refractivity (Wildman–Crippen MR) is 81.8 cm³/mol. The van der Waals surface area contributed by atoms with Gasteiger partial charge in [-0.25, -0.2) is 0 Å². The van der Waals surface area contributed by atoms with Crippen molar-refractivity contribution in [2.24, 2.45) is 0 Å². The average molecular weight is 288 g/mol. The SMILES string of the molecule is C=CCN1C(=O)CC[C@@H]2[C@H]1CCN2Cc1ccc(CC)o1. The summed E-state index contributed by atoms with van der Waals surface area (Å²) in [6, 6.07) is 4.97. The first-order chi connectivity index (χ1) is 10.2. The van der Waals surface area contributed by atoms with Gasteiger partial charge in [0.05, 0.1) is 6.54 Å². The summed E-state index contributed by atoms with van der Waals surface area (Å²) in [6.45, 7) is 8.46. The summed E-state index contributed by atoms with van der Waals surface area (Å²) in [5, 5.41) is 0. The van der Waals surface area contributed by atoms with Crippen molar-refractivity contribution in [1.29, 1.82) is 0 Å². The van der Waals surface area contributed by atoms with E-state index in [9.17, 15) is 4.79 Å². The molecule has 0 saturated carbocycles. The first kappa shape index (κ1) is 14.4. The van der Waals surface area contributed by atoms with E-state index in [4.69, 9.17) is 4.42 Å². The lowest BCUT2D eigenvalue weighted by molar-refractivity contribution is -0.136. The molecule has 3 rings (SSSR count). The van der Waals surface area contributed by atoms with Gasteiger partial charge in [-0.3, -0.25) is 9.69 Å². The Bertz CT molecular complexity index is 523. The van der Waals surface area contributed by atoms with Crippen LogP contribution in [-0.4, -0.2) is 40.9 Å². The lowest BCUT2D eigenvalue weighted by Gasteiger charge is -2.39. The number of aryl methyl sites for hydroxylation is 1. The first-order valence-corrected chi connectivity index (χ1v) is 7.95. The minimum Gasteiger partial charge on any atom is -0.465 e. The largest absolute Gasteiger partial charge is 0.465 e. The molecule has 2 aliphatic rings. The molecule has 0 unspecified atom stereocenters. The van der Waals surface area contributed by atoms with Crippen molar-refractivity contribution >= 4 is 5.91 Å². The second-order valence-electron chi connectivity index (χ2n) is 5.99. The standard InChI is InChI=1S/C17H24N2O2/c1-3-10-19-16-9-11-18(15(16)7-8-17(19)20)12-14-6-5-13(4-2)21-14/h3,5-6,15-16H,1,4,7-12H2,2H3/t15-,16-/m1/s1. The molecule has 0 aromatic carbocycles. The number of carbonyl (C=O) groups excluding carboxylic acids is 1. The van der Waals surface area contributed by atoms with Crippen LogP contribution >= 0.6 is 0 Å². The zero-order chi connectivity index (χ0) is 14.8. The maximum absolute atomic E-state index is 12.1. The normalized spacial score (nSPS) is 26.1. The van der Waals surface area contributed by atoms with Crippen molar-refractivity contribution in [1.82, 2.24) is 9.80 Å². The monoisotopic (exact) mass is 288 g/mol. The Morgan fingerprint density at radius 3 is 2.86 bits per heavy atom. The fourth-order valence-corrected chi connectivity index (χ4v) is 3.71. The van der Waals surface area contributed by atoms with E-state index in [1.54, 1.807) is 0 Å². The van der Waals surface area contributed by atoms with Gasteiger partial charge in [0.1, 0.15) is 11.5 Å². The van der Waals surface area contributed by atoms with Crippen LogP contribution in [0.1, 0.15) is 37.7 Å². The smallest absolute Gasteiger partial charge is 0.223 e. The highest BCUT2D eigenvalue weighted by molar-refractivity contribution is 5.78. The van der Waals surface area contributed by atoms with Gasteiger partial charge in [0.25, 0.3) is 0 Å². The topological polar surface area (TPSA) is 36.7 Å². The second-order valence-corrected chi connectivity index (χ2v) is 5.99. The number of rotatable bonds is 5. The molecule has 4 nitrogen and oxygen atoms in total. The van der Waals surface area contributed by atoms with Crippen molar-refractivity contribution in [3.8, 4) is 0 Å². The summed E-state index contributed by atoms with van der Waals surface area (Å²) in [6.07, 6.45) is 5.46. The summed E-state index contributed by atoms with van der Waals surface area (Å²) in [7, 11) is 0. The molecule has 0 spiro atoms. The molecule has 0 N–H and O–H groups in total. The third kappa shape index (κ3) is 2.77. The zero-order valence-electron chi connectivity index (χ0n) is 12.8. The number of hydrogen-bond donors (Lipinski definition) is 0. The Kier molecular flexibility index (Phi) is 4.15. The summed E-state index contributed by atoms with van der Waals surface area (Å²) in [5.41, 5.74) is 0. The van der Waals surface area contributed by atoms with Gasteiger partial charge in [0, 0.05) is 38.0 Å². The maximum Gasteiger partial charge on any atom is 0.223 e. The van der Waals surface area contributed by atoms with Crippen LogP contribution in [-0.2, 0) is 17.8 Å². The molecular formula is C17H24N2O2. The van der Waals surface area contributed by atoms with Crippen LogP contribution in [0.2, 0.25) is 0 Å². The van der Waals surface area contributed by atoms with Gasteiger partial charge in [-0.15, -0.1) is 6.58 Å². The van der Waals surface area contributed by atoms with Gasteiger partial charge in [-0.1, -0.05) is 13.0 Å². The highest BCUT2D eigenvalue weighted by Crippen LogP contribution is 2.32. The number of amides is 1. The molecule has 1 amide bonds. The molecule has 2 fully saturated rings.